The molecule has 0 aromatic heterocycles. The predicted octanol–water partition coefficient (Wildman–Crippen LogP) is 3.22. The maximum Gasteiger partial charge on any atom is -0.00158 e. The summed E-state index contributed by atoms with van der Waals surface area (Å²) < 4.78 is 0. The normalized spacial score (nSPS) is 11.7. The van der Waals surface area contributed by atoms with Crippen LogP contribution in [-0.2, 0) is 0 Å². The van der Waals surface area contributed by atoms with Crippen LogP contribution in [0.2, 0.25) is 0 Å². The Morgan fingerprint density at radius 1 is 1.67 bits per heavy atom. The second-order valence-corrected chi connectivity index (χ2v) is 3.03. The van der Waals surface area contributed by atoms with Gasteiger partial charge in [-0.15, -0.1) is 11.8 Å². The highest BCUT2D eigenvalue weighted by molar-refractivity contribution is 8.02. The third-order valence-corrected chi connectivity index (χ3v) is 1.96. The van der Waals surface area contributed by atoms with E-state index in [-0.39, 0.29) is 0 Å². The summed E-state index contributed by atoms with van der Waals surface area (Å²) in [4.78, 5) is 1.41. The zero-order valence-electron chi connectivity index (χ0n) is 6.40. The fourth-order valence-corrected chi connectivity index (χ4v) is 1.22. The van der Waals surface area contributed by atoms with E-state index in [1.807, 2.05) is 0 Å². The molecule has 0 spiro atoms. The van der Waals surface area contributed by atoms with E-state index in [2.05, 4.69) is 32.8 Å². The van der Waals surface area contributed by atoms with Gasteiger partial charge in [0.2, 0.25) is 0 Å². The third-order valence-electron chi connectivity index (χ3n) is 1.06. The van der Waals surface area contributed by atoms with Gasteiger partial charge in [-0.25, -0.2) is 0 Å². The van der Waals surface area contributed by atoms with Gasteiger partial charge in [-0.05, 0) is 31.4 Å². The van der Waals surface area contributed by atoms with E-state index < -0.39 is 0 Å². The fraction of sp³-hybridized carbons (Fsp3) is 0.500. The lowest BCUT2D eigenvalue weighted by Gasteiger charge is -2.00. The van der Waals surface area contributed by atoms with E-state index >= 15 is 0 Å². The van der Waals surface area contributed by atoms with E-state index in [1.54, 1.807) is 11.8 Å². The Bertz CT molecular complexity index is 123. The van der Waals surface area contributed by atoms with Crippen LogP contribution in [0.25, 0.3) is 0 Å². The second-order valence-electron chi connectivity index (χ2n) is 2.09. The highest BCUT2D eigenvalue weighted by Gasteiger charge is 1.91. The van der Waals surface area contributed by atoms with Crippen LogP contribution < -0.4 is 0 Å². The van der Waals surface area contributed by atoms with Crippen molar-refractivity contribution >= 4 is 11.8 Å². The van der Waals surface area contributed by atoms with Crippen molar-refractivity contribution in [2.75, 3.05) is 6.26 Å². The molecular weight excluding hydrogens is 128 g/mol. The molecule has 52 valence electrons. The largest absolute Gasteiger partial charge is 0.134 e. The highest BCUT2D eigenvalue weighted by atomic mass is 32.2. The first-order valence-corrected chi connectivity index (χ1v) is 4.26. The summed E-state index contributed by atoms with van der Waals surface area (Å²) in [5.41, 5.74) is 1.23. The fourth-order valence-electron chi connectivity index (χ4n) is 0.590. The summed E-state index contributed by atoms with van der Waals surface area (Å²) in [6, 6.07) is 0. The molecule has 9 heavy (non-hydrogen) atoms. The number of hydrogen-bond donors (Lipinski definition) is 0. The summed E-state index contributed by atoms with van der Waals surface area (Å²) in [6.07, 6.45) is 5.27. The van der Waals surface area contributed by atoms with Gasteiger partial charge in [-0.2, -0.15) is 0 Å². The Labute approximate surface area is 62.0 Å². The predicted molar refractivity (Wildman–Crippen MR) is 46.7 cm³/mol. The molecule has 0 aliphatic carbocycles. The average molecular weight is 142 g/mol. The van der Waals surface area contributed by atoms with Crippen molar-refractivity contribution in [3.8, 4) is 0 Å². The SMILES string of the molecule is C=C(C)C/C(=C/C)SC. The van der Waals surface area contributed by atoms with Crippen molar-refractivity contribution in [3.05, 3.63) is 23.1 Å². The molecule has 0 unspecified atom stereocenters. The van der Waals surface area contributed by atoms with Crippen LogP contribution in [0, 0.1) is 0 Å². The molecule has 0 heterocycles. The quantitative estimate of drug-likeness (QED) is 0.545. The lowest BCUT2D eigenvalue weighted by Crippen LogP contribution is -1.76. The smallest absolute Gasteiger partial charge is 0.00158 e. The van der Waals surface area contributed by atoms with E-state index in [9.17, 15) is 0 Å². The minimum atomic E-state index is 1.04. The molecular formula is C8H14S. The molecule has 0 atom stereocenters. The molecule has 0 aromatic carbocycles. The van der Waals surface area contributed by atoms with Gasteiger partial charge in [-0.1, -0.05) is 18.2 Å². The first-order valence-electron chi connectivity index (χ1n) is 3.04. The molecule has 0 saturated carbocycles. The summed E-state index contributed by atoms with van der Waals surface area (Å²) >= 11 is 1.80. The maximum atomic E-state index is 3.84. The molecule has 0 N–H and O–H groups in total. The van der Waals surface area contributed by atoms with Gasteiger partial charge in [0.1, 0.15) is 0 Å². The topological polar surface area (TPSA) is 0 Å². The third kappa shape index (κ3) is 4.34. The molecule has 0 radical (unpaired) electrons. The Kier molecular flexibility index (Phi) is 4.60. The van der Waals surface area contributed by atoms with Crippen LogP contribution in [0.3, 0.4) is 0 Å². The first-order chi connectivity index (χ1) is 4.20. The highest BCUT2D eigenvalue weighted by Crippen LogP contribution is 2.18. The Morgan fingerprint density at radius 2 is 2.22 bits per heavy atom. The summed E-state index contributed by atoms with van der Waals surface area (Å²) in [7, 11) is 0. The number of hydrogen-bond acceptors (Lipinski definition) is 1. The van der Waals surface area contributed by atoms with Crippen molar-refractivity contribution in [2.45, 2.75) is 20.3 Å². The Morgan fingerprint density at radius 3 is 2.33 bits per heavy atom. The molecule has 0 fully saturated rings. The van der Waals surface area contributed by atoms with Crippen molar-refractivity contribution in [1.29, 1.82) is 0 Å². The molecule has 0 amide bonds. The lowest BCUT2D eigenvalue weighted by molar-refractivity contribution is 1.20. The van der Waals surface area contributed by atoms with Gasteiger partial charge in [0.05, 0.1) is 0 Å². The molecule has 1 heteroatoms. The number of thioether (sulfide) groups is 1. The van der Waals surface area contributed by atoms with Gasteiger partial charge in [0.25, 0.3) is 0 Å². The minimum Gasteiger partial charge on any atom is -0.134 e. The van der Waals surface area contributed by atoms with Crippen LogP contribution >= 0.6 is 11.8 Å². The molecule has 0 bridgehead atoms. The van der Waals surface area contributed by atoms with Crippen molar-refractivity contribution in [2.24, 2.45) is 0 Å². The van der Waals surface area contributed by atoms with Crippen LogP contribution in [0.5, 0.6) is 0 Å². The monoisotopic (exact) mass is 142 g/mol. The first kappa shape index (κ1) is 8.83. The van der Waals surface area contributed by atoms with E-state index in [0.717, 1.165) is 6.42 Å². The molecule has 0 aromatic rings. The van der Waals surface area contributed by atoms with Crippen molar-refractivity contribution in [1.82, 2.24) is 0 Å². The van der Waals surface area contributed by atoms with E-state index in [4.69, 9.17) is 0 Å². The summed E-state index contributed by atoms with van der Waals surface area (Å²) in [5, 5.41) is 0. The van der Waals surface area contributed by atoms with Gasteiger partial charge in [-0.3, -0.25) is 0 Å². The zero-order chi connectivity index (χ0) is 7.28. The van der Waals surface area contributed by atoms with Crippen LogP contribution in [-0.4, -0.2) is 6.26 Å². The number of allylic oxidation sites excluding steroid dienone is 3. The van der Waals surface area contributed by atoms with Crippen LogP contribution in [0.1, 0.15) is 20.3 Å². The second kappa shape index (κ2) is 4.68. The summed E-state index contributed by atoms with van der Waals surface area (Å²) in [6.45, 7) is 7.96. The minimum absolute atomic E-state index is 1.04. The van der Waals surface area contributed by atoms with Crippen molar-refractivity contribution < 1.29 is 0 Å². The van der Waals surface area contributed by atoms with E-state index in [1.165, 1.54) is 10.5 Å². The Hall–Kier alpha value is -0.170. The maximum absolute atomic E-state index is 3.84. The van der Waals surface area contributed by atoms with Gasteiger partial charge in [0.15, 0.2) is 0 Å². The van der Waals surface area contributed by atoms with Gasteiger partial charge < -0.3 is 0 Å². The molecule has 0 aliphatic heterocycles. The summed E-state index contributed by atoms with van der Waals surface area (Å²) in [5.74, 6) is 0. The van der Waals surface area contributed by atoms with Crippen LogP contribution in [0.4, 0.5) is 0 Å². The van der Waals surface area contributed by atoms with Gasteiger partial charge >= 0.3 is 0 Å². The van der Waals surface area contributed by atoms with Crippen molar-refractivity contribution in [3.63, 3.8) is 0 Å². The Balaban J connectivity index is 3.71. The lowest BCUT2D eigenvalue weighted by atomic mass is 10.2. The average Bonchev–Trinajstić information content (AvgIpc) is 1.82. The standard InChI is InChI=1S/C8H14S/c1-5-8(9-4)6-7(2)3/h5H,2,6H2,1,3-4H3/b8-5-. The van der Waals surface area contributed by atoms with Gasteiger partial charge in [0, 0.05) is 0 Å². The zero-order valence-corrected chi connectivity index (χ0v) is 7.22. The molecule has 0 nitrogen and oxygen atoms in total. The van der Waals surface area contributed by atoms with Crippen LogP contribution in [0.15, 0.2) is 23.1 Å². The number of rotatable bonds is 3. The van der Waals surface area contributed by atoms with E-state index in [0.29, 0.717) is 0 Å². The molecule has 0 aliphatic rings. The molecule has 0 saturated heterocycles. The molecule has 0 rings (SSSR count).